The van der Waals surface area contributed by atoms with Gasteiger partial charge in [-0.3, -0.25) is 4.79 Å². The summed E-state index contributed by atoms with van der Waals surface area (Å²) < 4.78 is 0. The second-order valence-corrected chi connectivity index (χ2v) is 6.72. The number of nitrogens with zero attached hydrogens (tertiary/aromatic N) is 1. The first-order valence-corrected chi connectivity index (χ1v) is 8.80. The van der Waals surface area contributed by atoms with Crippen molar-refractivity contribution in [2.75, 3.05) is 12.8 Å². The van der Waals surface area contributed by atoms with Crippen molar-refractivity contribution in [2.45, 2.75) is 19.2 Å². The summed E-state index contributed by atoms with van der Waals surface area (Å²) in [7, 11) is 1.76. The molecule has 0 saturated carbocycles. The van der Waals surface area contributed by atoms with Crippen LogP contribution < -0.4 is 0 Å². The standard InChI is InChI=1S/C19H21NO3S/c1-14-4-3-5-16(10-14)12-24-13-18(21)20(2)11-15-6-8-17(9-7-15)19(22)23/h3-10H,11-13H2,1-2H3,(H,22,23). The quantitative estimate of drug-likeness (QED) is 0.835. The molecule has 5 heteroatoms. The van der Waals surface area contributed by atoms with E-state index < -0.39 is 5.97 Å². The zero-order chi connectivity index (χ0) is 17.5. The van der Waals surface area contributed by atoms with Gasteiger partial charge in [0.2, 0.25) is 5.91 Å². The van der Waals surface area contributed by atoms with Crippen LogP contribution in [0, 0.1) is 6.92 Å². The Hall–Kier alpha value is -2.27. The van der Waals surface area contributed by atoms with Crippen molar-refractivity contribution >= 4 is 23.6 Å². The molecule has 2 aromatic rings. The van der Waals surface area contributed by atoms with Gasteiger partial charge in [-0.15, -0.1) is 11.8 Å². The van der Waals surface area contributed by atoms with Gasteiger partial charge in [0.05, 0.1) is 11.3 Å². The Labute approximate surface area is 146 Å². The van der Waals surface area contributed by atoms with Crippen molar-refractivity contribution in [3.63, 3.8) is 0 Å². The van der Waals surface area contributed by atoms with E-state index in [0.29, 0.717) is 12.3 Å². The summed E-state index contributed by atoms with van der Waals surface area (Å²) in [6, 6.07) is 14.9. The van der Waals surface area contributed by atoms with Gasteiger partial charge in [0, 0.05) is 19.3 Å². The fraction of sp³-hybridized carbons (Fsp3) is 0.263. The minimum atomic E-state index is -0.946. The largest absolute Gasteiger partial charge is 0.478 e. The summed E-state index contributed by atoms with van der Waals surface area (Å²) in [4.78, 5) is 24.7. The van der Waals surface area contributed by atoms with Crippen molar-refractivity contribution in [2.24, 2.45) is 0 Å². The lowest BCUT2D eigenvalue weighted by Crippen LogP contribution is -2.27. The Bertz CT molecular complexity index is 713. The smallest absolute Gasteiger partial charge is 0.335 e. The van der Waals surface area contributed by atoms with Crippen molar-refractivity contribution in [3.05, 3.63) is 70.8 Å². The Balaban J connectivity index is 1.80. The molecule has 0 unspecified atom stereocenters. The molecular formula is C19H21NO3S. The van der Waals surface area contributed by atoms with E-state index >= 15 is 0 Å². The SMILES string of the molecule is Cc1cccc(CSCC(=O)N(C)Cc2ccc(C(=O)O)cc2)c1. The Morgan fingerprint density at radius 1 is 1.08 bits per heavy atom. The number of thioether (sulfide) groups is 1. The molecule has 2 aromatic carbocycles. The molecule has 4 nitrogen and oxygen atoms in total. The van der Waals surface area contributed by atoms with Crippen LogP contribution in [-0.2, 0) is 17.1 Å². The van der Waals surface area contributed by atoms with Gasteiger partial charge in [-0.25, -0.2) is 4.79 Å². The number of carboxylic acids is 1. The molecule has 0 heterocycles. The number of carboxylic acid groups (broad SMARTS) is 1. The number of amides is 1. The fourth-order valence-corrected chi connectivity index (χ4v) is 3.20. The molecule has 0 bridgehead atoms. The Morgan fingerprint density at radius 2 is 1.79 bits per heavy atom. The van der Waals surface area contributed by atoms with Gasteiger partial charge in [0.1, 0.15) is 0 Å². The summed E-state index contributed by atoms with van der Waals surface area (Å²) in [6.45, 7) is 2.53. The molecule has 0 atom stereocenters. The molecule has 0 radical (unpaired) electrons. The Morgan fingerprint density at radius 3 is 2.42 bits per heavy atom. The molecule has 24 heavy (non-hydrogen) atoms. The van der Waals surface area contributed by atoms with E-state index in [1.165, 1.54) is 11.1 Å². The predicted molar refractivity (Wildman–Crippen MR) is 97.2 cm³/mol. The molecule has 1 amide bonds. The van der Waals surface area contributed by atoms with Gasteiger partial charge in [0.25, 0.3) is 0 Å². The number of benzene rings is 2. The molecule has 126 valence electrons. The molecule has 2 rings (SSSR count). The zero-order valence-corrected chi connectivity index (χ0v) is 14.7. The van der Waals surface area contributed by atoms with Crippen LogP contribution >= 0.6 is 11.8 Å². The van der Waals surface area contributed by atoms with E-state index in [4.69, 9.17) is 5.11 Å². The Kier molecular flexibility index (Phi) is 6.44. The third-order valence-corrected chi connectivity index (χ3v) is 4.61. The van der Waals surface area contributed by atoms with Crippen LogP contribution in [0.4, 0.5) is 0 Å². The van der Waals surface area contributed by atoms with E-state index in [1.54, 1.807) is 48.0 Å². The molecule has 0 fully saturated rings. The number of aromatic carboxylic acids is 1. The van der Waals surface area contributed by atoms with E-state index in [2.05, 4.69) is 25.1 Å². The maximum atomic E-state index is 12.2. The van der Waals surface area contributed by atoms with Crippen LogP contribution in [0.25, 0.3) is 0 Å². The molecule has 0 spiro atoms. The average molecular weight is 343 g/mol. The van der Waals surface area contributed by atoms with Crippen molar-refractivity contribution < 1.29 is 14.7 Å². The second-order valence-electron chi connectivity index (χ2n) is 5.73. The van der Waals surface area contributed by atoms with Crippen LogP contribution in [0.1, 0.15) is 27.0 Å². The van der Waals surface area contributed by atoms with Gasteiger partial charge >= 0.3 is 5.97 Å². The topological polar surface area (TPSA) is 57.6 Å². The zero-order valence-electron chi connectivity index (χ0n) is 13.9. The van der Waals surface area contributed by atoms with Gasteiger partial charge in [-0.05, 0) is 30.2 Å². The number of carbonyl (C=O) groups excluding carboxylic acids is 1. The maximum Gasteiger partial charge on any atom is 0.335 e. The van der Waals surface area contributed by atoms with Gasteiger partial charge in [0.15, 0.2) is 0 Å². The molecule has 0 aromatic heterocycles. The van der Waals surface area contributed by atoms with Crippen molar-refractivity contribution in [1.82, 2.24) is 4.90 Å². The number of hydrogen-bond donors (Lipinski definition) is 1. The fourth-order valence-electron chi connectivity index (χ4n) is 2.28. The lowest BCUT2D eigenvalue weighted by Gasteiger charge is -2.17. The number of hydrogen-bond acceptors (Lipinski definition) is 3. The summed E-state index contributed by atoms with van der Waals surface area (Å²) in [5, 5.41) is 8.89. The third kappa shape index (κ3) is 5.42. The molecule has 0 aliphatic heterocycles. The summed E-state index contributed by atoms with van der Waals surface area (Å²) in [5.74, 6) is 0.361. The summed E-state index contributed by atoms with van der Waals surface area (Å²) >= 11 is 1.60. The van der Waals surface area contributed by atoms with Crippen LogP contribution in [0.15, 0.2) is 48.5 Å². The molecule has 0 saturated heterocycles. The maximum absolute atomic E-state index is 12.2. The molecule has 1 N–H and O–H groups in total. The van der Waals surface area contributed by atoms with Crippen LogP contribution in [-0.4, -0.2) is 34.7 Å². The first-order valence-electron chi connectivity index (χ1n) is 7.65. The summed E-state index contributed by atoms with van der Waals surface area (Å²) in [5.41, 5.74) is 3.61. The molecular weight excluding hydrogens is 322 g/mol. The highest BCUT2D eigenvalue weighted by atomic mass is 32.2. The van der Waals surface area contributed by atoms with E-state index in [-0.39, 0.29) is 11.5 Å². The average Bonchev–Trinajstić information content (AvgIpc) is 2.55. The highest BCUT2D eigenvalue weighted by Crippen LogP contribution is 2.15. The second kappa shape index (κ2) is 8.55. The number of carbonyl (C=O) groups is 2. The van der Waals surface area contributed by atoms with Crippen molar-refractivity contribution in [1.29, 1.82) is 0 Å². The van der Waals surface area contributed by atoms with Gasteiger partial charge in [-0.2, -0.15) is 0 Å². The minimum Gasteiger partial charge on any atom is -0.478 e. The van der Waals surface area contributed by atoms with E-state index in [1.807, 2.05) is 6.07 Å². The van der Waals surface area contributed by atoms with Crippen LogP contribution in [0.5, 0.6) is 0 Å². The predicted octanol–water partition coefficient (Wildman–Crippen LogP) is 3.59. The van der Waals surface area contributed by atoms with Gasteiger partial charge < -0.3 is 10.0 Å². The first-order chi connectivity index (χ1) is 11.5. The highest BCUT2D eigenvalue weighted by molar-refractivity contribution is 7.99. The monoisotopic (exact) mass is 343 g/mol. The lowest BCUT2D eigenvalue weighted by atomic mass is 10.1. The lowest BCUT2D eigenvalue weighted by molar-refractivity contribution is -0.127. The van der Waals surface area contributed by atoms with E-state index in [9.17, 15) is 9.59 Å². The van der Waals surface area contributed by atoms with Crippen LogP contribution in [0.2, 0.25) is 0 Å². The van der Waals surface area contributed by atoms with Gasteiger partial charge in [-0.1, -0.05) is 42.0 Å². The molecule has 0 aliphatic rings. The number of rotatable bonds is 7. The minimum absolute atomic E-state index is 0.0648. The highest BCUT2D eigenvalue weighted by Gasteiger charge is 2.10. The molecule has 0 aliphatic carbocycles. The normalized spacial score (nSPS) is 10.4. The number of aryl methyl sites for hydroxylation is 1. The van der Waals surface area contributed by atoms with E-state index in [0.717, 1.165) is 11.3 Å². The third-order valence-electron chi connectivity index (χ3n) is 3.62. The first kappa shape index (κ1) is 18.1. The van der Waals surface area contributed by atoms with Crippen LogP contribution in [0.3, 0.4) is 0 Å². The summed E-state index contributed by atoms with van der Waals surface area (Å²) in [6.07, 6.45) is 0. The van der Waals surface area contributed by atoms with Crippen molar-refractivity contribution in [3.8, 4) is 0 Å².